The first-order valence-corrected chi connectivity index (χ1v) is 9.55. The van der Waals surface area contributed by atoms with E-state index in [0.717, 1.165) is 44.0 Å². The number of amides is 1. The summed E-state index contributed by atoms with van der Waals surface area (Å²) in [7, 11) is 0. The van der Waals surface area contributed by atoms with Crippen LogP contribution in [-0.2, 0) is 4.79 Å². The quantitative estimate of drug-likeness (QED) is 0.295. The first-order valence-electron chi connectivity index (χ1n) is 9.55. The molecule has 4 aromatic carbocycles. The summed E-state index contributed by atoms with van der Waals surface area (Å²) in [5.41, 5.74) is 5.56. The van der Waals surface area contributed by atoms with Gasteiger partial charge in [0.15, 0.2) is 6.61 Å². The number of carbonyl (C=O) groups is 1. The standard InChI is InChI=1S/C25H22N2O2/c1-17-8-7-9-18(2)25(17)29-16-24(28)27-26-15-23-21-12-5-3-10-19(21)14-20-11-4-6-13-22(20)23/h3-15H,16H2,1-2H3,(H,27,28). The number of nitrogens with one attached hydrogen (secondary N) is 1. The second kappa shape index (κ2) is 8.15. The van der Waals surface area contributed by atoms with Crippen LogP contribution in [0.2, 0.25) is 0 Å². The lowest BCUT2D eigenvalue weighted by Gasteiger charge is -2.11. The highest BCUT2D eigenvalue weighted by atomic mass is 16.5. The Hall–Kier alpha value is -3.66. The molecular formula is C25H22N2O2. The Labute approximate surface area is 169 Å². The Morgan fingerprint density at radius 1 is 0.897 bits per heavy atom. The molecule has 0 radical (unpaired) electrons. The molecule has 0 aliphatic carbocycles. The van der Waals surface area contributed by atoms with Gasteiger partial charge in [0.2, 0.25) is 0 Å². The number of aryl methyl sites for hydroxylation is 2. The Balaban J connectivity index is 1.53. The van der Waals surface area contributed by atoms with E-state index in [-0.39, 0.29) is 12.5 Å². The van der Waals surface area contributed by atoms with Crippen LogP contribution in [0.5, 0.6) is 5.75 Å². The fourth-order valence-electron chi connectivity index (χ4n) is 3.55. The number of hydrazone groups is 1. The molecule has 0 spiro atoms. The lowest BCUT2D eigenvalue weighted by atomic mass is 9.97. The van der Waals surface area contributed by atoms with Crippen LogP contribution in [-0.4, -0.2) is 18.7 Å². The van der Waals surface area contributed by atoms with Gasteiger partial charge in [-0.05, 0) is 52.6 Å². The summed E-state index contributed by atoms with van der Waals surface area (Å²) < 4.78 is 5.69. The molecule has 4 rings (SSSR count). The third kappa shape index (κ3) is 3.97. The molecule has 144 valence electrons. The van der Waals surface area contributed by atoms with Crippen molar-refractivity contribution in [1.82, 2.24) is 5.43 Å². The van der Waals surface area contributed by atoms with Crippen LogP contribution in [0.1, 0.15) is 16.7 Å². The molecule has 0 atom stereocenters. The van der Waals surface area contributed by atoms with Crippen molar-refractivity contribution in [3.63, 3.8) is 0 Å². The largest absolute Gasteiger partial charge is 0.483 e. The van der Waals surface area contributed by atoms with Gasteiger partial charge in [-0.15, -0.1) is 0 Å². The molecule has 4 heteroatoms. The fraction of sp³-hybridized carbons (Fsp3) is 0.120. The number of benzene rings is 4. The van der Waals surface area contributed by atoms with Crippen molar-refractivity contribution in [2.75, 3.05) is 6.61 Å². The zero-order valence-corrected chi connectivity index (χ0v) is 16.5. The highest BCUT2D eigenvalue weighted by Crippen LogP contribution is 2.27. The third-order valence-electron chi connectivity index (χ3n) is 4.95. The lowest BCUT2D eigenvalue weighted by molar-refractivity contribution is -0.123. The molecule has 0 aliphatic rings. The molecule has 29 heavy (non-hydrogen) atoms. The Morgan fingerprint density at radius 3 is 2.10 bits per heavy atom. The van der Waals surface area contributed by atoms with Gasteiger partial charge < -0.3 is 4.74 Å². The maximum Gasteiger partial charge on any atom is 0.277 e. The Bertz CT molecular complexity index is 1150. The summed E-state index contributed by atoms with van der Waals surface area (Å²) in [6.07, 6.45) is 1.71. The fourth-order valence-corrected chi connectivity index (χ4v) is 3.55. The molecule has 0 fully saturated rings. The monoisotopic (exact) mass is 382 g/mol. The van der Waals surface area contributed by atoms with Crippen molar-refractivity contribution < 1.29 is 9.53 Å². The maximum atomic E-state index is 12.2. The van der Waals surface area contributed by atoms with E-state index in [4.69, 9.17) is 4.74 Å². The van der Waals surface area contributed by atoms with Gasteiger partial charge in [-0.3, -0.25) is 4.79 Å². The Morgan fingerprint density at radius 2 is 1.48 bits per heavy atom. The van der Waals surface area contributed by atoms with Gasteiger partial charge >= 0.3 is 0 Å². The third-order valence-corrected chi connectivity index (χ3v) is 4.95. The molecule has 1 amide bonds. The molecule has 4 nitrogen and oxygen atoms in total. The van der Waals surface area contributed by atoms with Gasteiger partial charge in [0.05, 0.1) is 6.21 Å². The number of rotatable bonds is 5. The van der Waals surface area contributed by atoms with Crippen molar-refractivity contribution in [2.24, 2.45) is 5.10 Å². The average molecular weight is 382 g/mol. The van der Waals surface area contributed by atoms with E-state index in [2.05, 4.69) is 40.9 Å². The normalized spacial score (nSPS) is 11.2. The lowest BCUT2D eigenvalue weighted by Crippen LogP contribution is -2.25. The first-order chi connectivity index (χ1) is 14.1. The zero-order valence-electron chi connectivity index (χ0n) is 16.5. The van der Waals surface area contributed by atoms with Crippen LogP contribution in [0, 0.1) is 13.8 Å². The van der Waals surface area contributed by atoms with E-state index in [1.807, 2.05) is 56.3 Å². The number of hydrogen-bond donors (Lipinski definition) is 1. The van der Waals surface area contributed by atoms with Crippen molar-refractivity contribution in [3.05, 3.63) is 89.5 Å². The number of para-hydroxylation sites is 1. The predicted octanol–water partition coefficient (Wildman–Crippen LogP) is 5.14. The van der Waals surface area contributed by atoms with Crippen molar-refractivity contribution >= 4 is 33.7 Å². The van der Waals surface area contributed by atoms with Crippen molar-refractivity contribution in [1.29, 1.82) is 0 Å². The van der Waals surface area contributed by atoms with Crippen LogP contribution >= 0.6 is 0 Å². The van der Waals surface area contributed by atoms with Crippen LogP contribution in [0.3, 0.4) is 0 Å². The van der Waals surface area contributed by atoms with Gasteiger partial charge in [-0.1, -0.05) is 66.7 Å². The summed E-state index contributed by atoms with van der Waals surface area (Å²) in [6, 6.07) is 24.4. The predicted molar refractivity (Wildman–Crippen MR) is 119 cm³/mol. The van der Waals surface area contributed by atoms with Crippen LogP contribution in [0.25, 0.3) is 21.5 Å². The number of carbonyl (C=O) groups excluding carboxylic acids is 1. The molecule has 4 aromatic rings. The minimum atomic E-state index is -0.298. The molecule has 0 saturated heterocycles. The van der Waals surface area contributed by atoms with Crippen molar-refractivity contribution in [2.45, 2.75) is 13.8 Å². The highest BCUT2D eigenvalue weighted by molar-refractivity contribution is 6.13. The molecule has 0 saturated carbocycles. The van der Waals surface area contributed by atoms with Gasteiger partial charge in [0, 0.05) is 5.56 Å². The smallest absolute Gasteiger partial charge is 0.277 e. The van der Waals surface area contributed by atoms with E-state index in [1.165, 1.54) is 0 Å². The van der Waals surface area contributed by atoms with Crippen molar-refractivity contribution in [3.8, 4) is 5.75 Å². The highest BCUT2D eigenvalue weighted by Gasteiger charge is 2.08. The van der Waals surface area contributed by atoms with E-state index in [0.29, 0.717) is 0 Å². The molecule has 0 bridgehead atoms. The van der Waals surface area contributed by atoms with Crippen LogP contribution in [0.4, 0.5) is 0 Å². The average Bonchev–Trinajstić information content (AvgIpc) is 2.73. The number of fused-ring (bicyclic) bond motifs is 2. The molecule has 0 aromatic heterocycles. The Kier molecular flexibility index (Phi) is 5.25. The van der Waals surface area contributed by atoms with Gasteiger partial charge in [-0.2, -0.15) is 5.10 Å². The first kappa shape index (κ1) is 18.7. The van der Waals surface area contributed by atoms with E-state index in [9.17, 15) is 4.79 Å². The van der Waals surface area contributed by atoms with E-state index in [1.54, 1.807) is 6.21 Å². The minimum absolute atomic E-state index is 0.0840. The summed E-state index contributed by atoms with van der Waals surface area (Å²) >= 11 is 0. The number of ether oxygens (including phenoxy) is 1. The van der Waals surface area contributed by atoms with Crippen LogP contribution < -0.4 is 10.2 Å². The second-order valence-corrected chi connectivity index (χ2v) is 7.04. The maximum absolute atomic E-state index is 12.2. The minimum Gasteiger partial charge on any atom is -0.483 e. The summed E-state index contributed by atoms with van der Waals surface area (Å²) in [6.45, 7) is 3.84. The summed E-state index contributed by atoms with van der Waals surface area (Å²) in [5, 5.41) is 8.65. The summed E-state index contributed by atoms with van der Waals surface area (Å²) in [5.74, 6) is 0.445. The van der Waals surface area contributed by atoms with Crippen LogP contribution in [0.15, 0.2) is 77.9 Å². The molecule has 0 unspecified atom stereocenters. The molecule has 1 N–H and O–H groups in total. The number of hydrogen-bond acceptors (Lipinski definition) is 3. The van der Waals surface area contributed by atoms with E-state index >= 15 is 0 Å². The van der Waals surface area contributed by atoms with Gasteiger partial charge in [0.25, 0.3) is 5.91 Å². The topological polar surface area (TPSA) is 50.7 Å². The second-order valence-electron chi connectivity index (χ2n) is 7.04. The van der Waals surface area contributed by atoms with Gasteiger partial charge in [-0.25, -0.2) is 5.43 Å². The summed E-state index contributed by atoms with van der Waals surface area (Å²) in [4.78, 5) is 12.2. The SMILES string of the molecule is Cc1cccc(C)c1OCC(=O)NN=Cc1c2ccccc2cc2ccccc12. The molecular weight excluding hydrogens is 360 g/mol. The number of nitrogens with zero attached hydrogens (tertiary/aromatic N) is 1. The van der Waals surface area contributed by atoms with Gasteiger partial charge in [0.1, 0.15) is 5.75 Å². The zero-order chi connectivity index (χ0) is 20.2. The molecule has 0 aliphatic heterocycles. The molecule has 0 heterocycles. The van der Waals surface area contributed by atoms with E-state index < -0.39 is 0 Å².